The second kappa shape index (κ2) is 6.76. The predicted octanol–water partition coefficient (Wildman–Crippen LogP) is 1.94. The number of benzene rings is 1. The standard InChI is InChI=1S/C10H13BrFNO2/c11-8-5-9(12)7-10(6-8)15-4-3-14-2-1-13/h5-7H,1-4,13H2. The molecule has 3 nitrogen and oxygen atoms in total. The molecule has 0 heterocycles. The monoisotopic (exact) mass is 277 g/mol. The maximum Gasteiger partial charge on any atom is 0.128 e. The fourth-order valence-corrected chi connectivity index (χ4v) is 1.46. The van der Waals surface area contributed by atoms with Crippen molar-refractivity contribution in [2.75, 3.05) is 26.4 Å². The largest absolute Gasteiger partial charge is 0.491 e. The molecule has 15 heavy (non-hydrogen) atoms. The van der Waals surface area contributed by atoms with Crippen molar-refractivity contribution >= 4 is 15.9 Å². The lowest BCUT2D eigenvalue weighted by Gasteiger charge is -2.07. The molecule has 0 aliphatic rings. The average molecular weight is 278 g/mol. The lowest BCUT2D eigenvalue weighted by atomic mass is 10.3. The van der Waals surface area contributed by atoms with Gasteiger partial charge in [-0.3, -0.25) is 0 Å². The van der Waals surface area contributed by atoms with Crippen molar-refractivity contribution < 1.29 is 13.9 Å². The van der Waals surface area contributed by atoms with Gasteiger partial charge in [-0.2, -0.15) is 0 Å². The highest BCUT2D eigenvalue weighted by molar-refractivity contribution is 9.10. The smallest absolute Gasteiger partial charge is 0.128 e. The molecule has 0 radical (unpaired) electrons. The fraction of sp³-hybridized carbons (Fsp3) is 0.400. The van der Waals surface area contributed by atoms with Gasteiger partial charge in [-0.25, -0.2) is 4.39 Å². The highest BCUT2D eigenvalue weighted by Crippen LogP contribution is 2.20. The van der Waals surface area contributed by atoms with Crippen LogP contribution in [-0.2, 0) is 4.74 Å². The Hall–Kier alpha value is -0.650. The average Bonchev–Trinajstić information content (AvgIpc) is 2.16. The third-order valence-electron chi connectivity index (χ3n) is 1.59. The summed E-state index contributed by atoms with van der Waals surface area (Å²) in [6.07, 6.45) is 0. The van der Waals surface area contributed by atoms with Gasteiger partial charge in [0.05, 0.1) is 13.2 Å². The van der Waals surface area contributed by atoms with Gasteiger partial charge in [0.15, 0.2) is 0 Å². The molecule has 0 unspecified atom stereocenters. The summed E-state index contributed by atoms with van der Waals surface area (Å²) >= 11 is 3.18. The zero-order valence-corrected chi connectivity index (χ0v) is 9.80. The second-order valence-corrected chi connectivity index (χ2v) is 3.77. The van der Waals surface area contributed by atoms with E-state index in [0.29, 0.717) is 36.6 Å². The topological polar surface area (TPSA) is 44.5 Å². The molecule has 2 N–H and O–H groups in total. The minimum Gasteiger partial charge on any atom is -0.491 e. The van der Waals surface area contributed by atoms with Gasteiger partial charge in [-0.05, 0) is 12.1 Å². The second-order valence-electron chi connectivity index (χ2n) is 2.85. The van der Waals surface area contributed by atoms with E-state index in [1.807, 2.05) is 0 Å². The maximum atomic E-state index is 12.9. The van der Waals surface area contributed by atoms with Crippen molar-refractivity contribution in [1.29, 1.82) is 0 Å². The Morgan fingerprint density at radius 2 is 2.00 bits per heavy atom. The van der Waals surface area contributed by atoms with E-state index in [0.717, 1.165) is 0 Å². The SMILES string of the molecule is NCCOCCOc1cc(F)cc(Br)c1. The Morgan fingerprint density at radius 3 is 2.67 bits per heavy atom. The highest BCUT2D eigenvalue weighted by Gasteiger charge is 1.99. The minimum absolute atomic E-state index is 0.331. The molecule has 0 atom stereocenters. The normalized spacial score (nSPS) is 10.3. The Bertz CT molecular complexity index is 289. The van der Waals surface area contributed by atoms with Gasteiger partial charge in [-0.15, -0.1) is 0 Å². The summed E-state index contributed by atoms with van der Waals surface area (Å²) in [6.45, 7) is 1.84. The molecular weight excluding hydrogens is 265 g/mol. The molecule has 5 heteroatoms. The van der Waals surface area contributed by atoms with E-state index < -0.39 is 0 Å². The number of nitrogens with two attached hydrogens (primary N) is 1. The third-order valence-corrected chi connectivity index (χ3v) is 2.05. The summed E-state index contributed by atoms with van der Waals surface area (Å²) in [5, 5.41) is 0. The quantitative estimate of drug-likeness (QED) is 0.809. The van der Waals surface area contributed by atoms with Crippen LogP contribution in [0.3, 0.4) is 0 Å². The summed E-state index contributed by atoms with van der Waals surface area (Å²) in [7, 11) is 0. The van der Waals surface area contributed by atoms with Crippen LogP contribution in [0, 0.1) is 5.82 Å². The van der Waals surface area contributed by atoms with E-state index in [1.54, 1.807) is 6.07 Å². The molecule has 0 amide bonds. The molecule has 0 saturated carbocycles. The van der Waals surface area contributed by atoms with Gasteiger partial charge in [0.1, 0.15) is 18.2 Å². The lowest BCUT2D eigenvalue weighted by molar-refractivity contribution is 0.106. The van der Waals surface area contributed by atoms with E-state index in [4.69, 9.17) is 15.2 Å². The number of ether oxygens (including phenoxy) is 2. The molecule has 0 saturated heterocycles. The molecule has 0 aliphatic heterocycles. The molecule has 1 aromatic rings. The van der Waals surface area contributed by atoms with Crippen LogP contribution in [0.4, 0.5) is 4.39 Å². The number of halogens is 2. The first-order valence-electron chi connectivity index (χ1n) is 4.59. The molecule has 0 bridgehead atoms. The van der Waals surface area contributed by atoms with Gasteiger partial charge < -0.3 is 15.2 Å². The summed E-state index contributed by atoms with van der Waals surface area (Å²) < 4.78 is 23.9. The van der Waals surface area contributed by atoms with E-state index in [2.05, 4.69) is 15.9 Å². The minimum atomic E-state index is -0.331. The first-order chi connectivity index (χ1) is 7.22. The lowest BCUT2D eigenvalue weighted by Crippen LogP contribution is -2.13. The van der Waals surface area contributed by atoms with E-state index in [9.17, 15) is 4.39 Å². The number of hydrogen-bond acceptors (Lipinski definition) is 3. The molecule has 0 aromatic heterocycles. The zero-order chi connectivity index (χ0) is 11.1. The van der Waals surface area contributed by atoms with E-state index in [1.165, 1.54) is 12.1 Å². The van der Waals surface area contributed by atoms with Gasteiger partial charge in [0.25, 0.3) is 0 Å². The summed E-state index contributed by atoms with van der Waals surface area (Å²) in [5.41, 5.74) is 5.24. The van der Waals surface area contributed by atoms with Gasteiger partial charge in [0.2, 0.25) is 0 Å². The highest BCUT2D eigenvalue weighted by atomic mass is 79.9. The number of rotatable bonds is 6. The van der Waals surface area contributed by atoms with Crippen molar-refractivity contribution in [2.45, 2.75) is 0 Å². The van der Waals surface area contributed by atoms with Crippen molar-refractivity contribution in [2.24, 2.45) is 5.73 Å². The first-order valence-corrected chi connectivity index (χ1v) is 5.38. The molecule has 1 aromatic carbocycles. The zero-order valence-electron chi connectivity index (χ0n) is 8.21. The van der Waals surface area contributed by atoms with Crippen LogP contribution < -0.4 is 10.5 Å². The summed E-state index contributed by atoms with van der Waals surface area (Å²) in [6, 6.07) is 4.40. The van der Waals surface area contributed by atoms with Crippen molar-refractivity contribution in [3.63, 3.8) is 0 Å². The van der Waals surface area contributed by atoms with Crippen molar-refractivity contribution in [1.82, 2.24) is 0 Å². The van der Waals surface area contributed by atoms with Gasteiger partial charge in [-0.1, -0.05) is 15.9 Å². The van der Waals surface area contributed by atoms with Crippen LogP contribution in [-0.4, -0.2) is 26.4 Å². The van der Waals surface area contributed by atoms with E-state index >= 15 is 0 Å². The molecule has 0 fully saturated rings. The van der Waals surface area contributed by atoms with Crippen LogP contribution >= 0.6 is 15.9 Å². The Morgan fingerprint density at radius 1 is 1.20 bits per heavy atom. The van der Waals surface area contributed by atoms with Crippen molar-refractivity contribution in [3.05, 3.63) is 28.5 Å². The summed E-state index contributed by atoms with van der Waals surface area (Å²) in [5.74, 6) is 0.153. The Labute approximate surface area is 96.5 Å². The fourth-order valence-electron chi connectivity index (χ4n) is 1.02. The third kappa shape index (κ3) is 5.11. The predicted molar refractivity (Wildman–Crippen MR) is 59.5 cm³/mol. The molecule has 1 rings (SSSR count). The maximum absolute atomic E-state index is 12.9. The van der Waals surface area contributed by atoms with Crippen LogP contribution in [0.1, 0.15) is 0 Å². The van der Waals surface area contributed by atoms with Crippen LogP contribution in [0.2, 0.25) is 0 Å². The van der Waals surface area contributed by atoms with Gasteiger partial charge in [0, 0.05) is 17.1 Å². The summed E-state index contributed by atoms with van der Waals surface area (Å²) in [4.78, 5) is 0. The molecule has 0 aliphatic carbocycles. The Balaban J connectivity index is 2.31. The van der Waals surface area contributed by atoms with Gasteiger partial charge >= 0.3 is 0 Å². The molecule has 0 spiro atoms. The molecular formula is C10H13BrFNO2. The number of hydrogen-bond donors (Lipinski definition) is 1. The van der Waals surface area contributed by atoms with Crippen molar-refractivity contribution in [3.8, 4) is 5.75 Å². The molecule has 84 valence electrons. The first kappa shape index (κ1) is 12.4. The van der Waals surface area contributed by atoms with Crippen LogP contribution in [0.25, 0.3) is 0 Å². The van der Waals surface area contributed by atoms with Crippen LogP contribution in [0.5, 0.6) is 5.75 Å². The Kier molecular flexibility index (Phi) is 5.60. The van der Waals surface area contributed by atoms with E-state index in [-0.39, 0.29) is 5.82 Å². The van der Waals surface area contributed by atoms with Crippen LogP contribution in [0.15, 0.2) is 22.7 Å².